The minimum Gasteiger partial charge on any atom is -0.331 e. The molecule has 0 spiro atoms. The van der Waals surface area contributed by atoms with Crippen LogP contribution in [0.1, 0.15) is 70.3 Å². The van der Waals surface area contributed by atoms with Crippen molar-refractivity contribution in [3.05, 3.63) is 35.4 Å². The number of ether oxygens (including phenoxy) is 3. The van der Waals surface area contributed by atoms with Gasteiger partial charge in [0.05, 0.1) is 0 Å². The van der Waals surface area contributed by atoms with Gasteiger partial charge in [-0.2, -0.15) is 0 Å². The van der Waals surface area contributed by atoms with Gasteiger partial charge in [0.2, 0.25) is 0 Å². The van der Waals surface area contributed by atoms with Crippen molar-refractivity contribution in [2.75, 3.05) is 21.3 Å². The molecule has 0 fully saturated rings. The predicted molar refractivity (Wildman–Crippen MR) is 105 cm³/mol. The van der Waals surface area contributed by atoms with E-state index in [9.17, 15) is 8.78 Å². The van der Waals surface area contributed by atoms with Crippen molar-refractivity contribution in [2.45, 2.75) is 77.1 Å². The van der Waals surface area contributed by atoms with Gasteiger partial charge in [-0.15, -0.1) is 0 Å². The molecule has 5 heteroatoms. The van der Waals surface area contributed by atoms with Crippen molar-refractivity contribution >= 4 is 0 Å². The number of unbranched alkanes of at least 4 members (excludes halogenated alkanes) is 5. The molecule has 0 saturated carbocycles. The lowest BCUT2D eigenvalue weighted by atomic mass is 9.91. The average molecular weight is 387 g/mol. The number of methoxy groups -OCH3 is 3. The van der Waals surface area contributed by atoms with Crippen molar-refractivity contribution < 1.29 is 23.0 Å². The van der Waals surface area contributed by atoms with Crippen LogP contribution in [0.2, 0.25) is 0 Å². The number of halogens is 2. The van der Waals surface area contributed by atoms with E-state index < -0.39 is 17.6 Å². The summed E-state index contributed by atoms with van der Waals surface area (Å²) in [6.45, 7) is 2.21. The maximum atomic E-state index is 13.4. The summed E-state index contributed by atoms with van der Waals surface area (Å²) in [6, 6.07) is 3.68. The van der Waals surface area contributed by atoms with Crippen LogP contribution in [0.15, 0.2) is 18.2 Å². The molecule has 0 aliphatic heterocycles. The van der Waals surface area contributed by atoms with Gasteiger partial charge < -0.3 is 14.2 Å². The molecule has 0 amide bonds. The SMILES string of the molecule is CCCCCCCCC(CCCc1cc(F)cc(F)c1)C(OC)(OC)OC. The van der Waals surface area contributed by atoms with Crippen molar-refractivity contribution in [3.8, 4) is 0 Å². The second-order valence-corrected chi connectivity index (χ2v) is 7.14. The van der Waals surface area contributed by atoms with E-state index in [2.05, 4.69) is 6.92 Å². The van der Waals surface area contributed by atoms with Crippen molar-refractivity contribution in [1.29, 1.82) is 0 Å². The number of hydrogen-bond donors (Lipinski definition) is 0. The van der Waals surface area contributed by atoms with Gasteiger partial charge in [0.1, 0.15) is 11.6 Å². The molecule has 1 aromatic rings. The van der Waals surface area contributed by atoms with Gasteiger partial charge in [0.15, 0.2) is 0 Å². The van der Waals surface area contributed by atoms with E-state index in [0.717, 1.165) is 31.7 Å². The van der Waals surface area contributed by atoms with Crippen LogP contribution < -0.4 is 0 Å². The molecule has 0 aliphatic rings. The highest BCUT2D eigenvalue weighted by atomic mass is 19.1. The molecule has 27 heavy (non-hydrogen) atoms. The Balaban J connectivity index is 2.61. The summed E-state index contributed by atoms with van der Waals surface area (Å²) < 4.78 is 43.4. The van der Waals surface area contributed by atoms with Crippen LogP contribution in [-0.2, 0) is 20.6 Å². The van der Waals surface area contributed by atoms with Gasteiger partial charge in [-0.1, -0.05) is 45.4 Å². The lowest BCUT2D eigenvalue weighted by molar-refractivity contribution is -0.380. The fraction of sp³-hybridized carbons (Fsp3) is 0.727. The molecular weight excluding hydrogens is 350 g/mol. The molecule has 0 aromatic heterocycles. The molecule has 0 aliphatic carbocycles. The van der Waals surface area contributed by atoms with Crippen LogP contribution in [0.4, 0.5) is 8.78 Å². The van der Waals surface area contributed by atoms with Crippen LogP contribution in [0.3, 0.4) is 0 Å². The molecule has 1 rings (SSSR count). The fourth-order valence-electron chi connectivity index (χ4n) is 3.73. The third-order valence-electron chi connectivity index (χ3n) is 5.20. The molecule has 1 aromatic carbocycles. The molecule has 0 N–H and O–H groups in total. The Kier molecular flexibility index (Phi) is 11.7. The Labute approximate surface area is 163 Å². The number of hydrogen-bond acceptors (Lipinski definition) is 3. The lowest BCUT2D eigenvalue weighted by Gasteiger charge is -2.36. The summed E-state index contributed by atoms with van der Waals surface area (Å²) in [7, 11) is 4.76. The van der Waals surface area contributed by atoms with Crippen LogP contribution >= 0.6 is 0 Å². The first-order valence-electron chi connectivity index (χ1n) is 10.1. The smallest absolute Gasteiger partial charge is 0.285 e. The molecule has 0 radical (unpaired) electrons. The predicted octanol–water partition coefficient (Wildman–Crippen LogP) is 6.25. The zero-order valence-corrected chi connectivity index (χ0v) is 17.4. The van der Waals surface area contributed by atoms with Crippen molar-refractivity contribution in [2.24, 2.45) is 5.92 Å². The van der Waals surface area contributed by atoms with E-state index in [-0.39, 0.29) is 5.92 Å². The van der Waals surface area contributed by atoms with E-state index in [1.807, 2.05) is 0 Å². The van der Waals surface area contributed by atoms with Crippen LogP contribution in [-0.4, -0.2) is 27.3 Å². The number of rotatable bonds is 15. The summed E-state index contributed by atoms with van der Waals surface area (Å²) in [5.41, 5.74) is 0.670. The van der Waals surface area contributed by atoms with E-state index in [1.54, 1.807) is 21.3 Å². The average Bonchev–Trinajstić information content (AvgIpc) is 2.65. The molecule has 156 valence electrons. The first-order chi connectivity index (χ1) is 13.0. The molecule has 0 bridgehead atoms. The summed E-state index contributed by atoms with van der Waals surface area (Å²) in [4.78, 5) is 0. The molecular formula is C22H36F2O3. The zero-order valence-electron chi connectivity index (χ0n) is 17.4. The fourth-order valence-corrected chi connectivity index (χ4v) is 3.73. The molecule has 1 atom stereocenters. The van der Waals surface area contributed by atoms with E-state index in [1.165, 1.54) is 44.2 Å². The largest absolute Gasteiger partial charge is 0.331 e. The first-order valence-corrected chi connectivity index (χ1v) is 10.1. The maximum Gasteiger partial charge on any atom is 0.285 e. The lowest BCUT2D eigenvalue weighted by Crippen LogP contribution is -2.44. The molecule has 0 heterocycles. The van der Waals surface area contributed by atoms with Gasteiger partial charge in [0, 0.05) is 33.3 Å². The van der Waals surface area contributed by atoms with Gasteiger partial charge in [-0.25, -0.2) is 8.78 Å². The highest BCUT2D eigenvalue weighted by Gasteiger charge is 2.39. The molecule has 3 nitrogen and oxygen atoms in total. The Morgan fingerprint density at radius 2 is 1.30 bits per heavy atom. The summed E-state index contributed by atoms with van der Waals surface area (Å²) in [5.74, 6) is -2.08. The van der Waals surface area contributed by atoms with Crippen molar-refractivity contribution in [3.63, 3.8) is 0 Å². The minimum atomic E-state index is -1.07. The van der Waals surface area contributed by atoms with Crippen molar-refractivity contribution in [1.82, 2.24) is 0 Å². The topological polar surface area (TPSA) is 27.7 Å². The minimum absolute atomic E-state index is 0.0575. The third-order valence-corrected chi connectivity index (χ3v) is 5.20. The second kappa shape index (κ2) is 13.2. The highest BCUT2D eigenvalue weighted by molar-refractivity contribution is 5.17. The number of aryl methyl sites for hydroxylation is 1. The Morgan fingerprint density at radius 1 is 0.778 bits per heavy atom. The standard InChI is InChI=1S/C22H36F2O3/c1-5-6-7-8-9-10-13-19(22(25-2,26-3)27-4)14-11-12-18-15-20(23)17-21(24)16-18/h15-17,19H,5-14H2,1-4H3. The summed E-state index contributed by atoms with van der Waals surface area (Å²) in [5, 5.41) is 0. The number of benzene rings is 1. The monoisotopic (exact) mass is 386 g/mol. The Bertz CT molecular complexity index is 490. The van der Waals surface area contributed by atoms with E-state index >= 15 is 0 Å². The van der Waals surface area contributed by atoms with Gasteiger partial charge >= 0.3 is 0 Å². The zero-order chi connectivity index (χ0) is 20.1. The Hall–Kier alpha value is -1.04. The van der Waals surface area contributed by atoms with Crippen LogP contribution in [0.25, 0.3) is 0 Å². The maximum absolute atomic E-state index is 13.4. The Morgan fingerprint density at radius 3 is 1.85 bits per heavy atom. The van der Waals surface area contributed by atoms with Crippen LogP contribution in [0, 0.1) is 17.6 Å². The van der Waals surface area contributed by atoms with Gasteiger partial charge in [0.25, 0.3) is 5.97 Å². The van der Waals surface area contributed by atoms with E-state index in [4.69, 9.17) is 14.2 Å². The van der Waals surface area contributed by atoms with Gasteiger partial charge in [-0.05, 0) is 43.4 Å². The first kappa shape index (κ1) is 24.0. The van der Waals surface area contributed by atoms with E-state index in [0.29, 0.717) is 12.0 Å². The molecule has 1 unspecified atom stereocenters. The normalized spacial score (nSPS) is 13.1. The quantitative estimate of drug-likeness (QED) is 0.263. The summed E-state index contributed by atoms with van der Waals surface area (Å²) >= 11 is 0. The van der Waals surface area contributed by atoms with Gasteiger partial charge in [-0.3, -0.25) is 0 Å². The third kappa shape index (κ3) is 8.24. The second-order valence-electron chi connectivity index (χ2n) is 7.14. The summed E-state index contributed by atoms with van der Waals surface area (Å²) in [6.07, 6.45) is 10.4. The highest BCUT2D eigenvalue weighted by Crippen LogP contribution is 2.32. The molecule has 0 saturated heterocycles. The van der Waals surface area contributed by atoms with Crippen LogP contribution in [0.5, 0.6) is 0 Å².